The van der Waals surface area contributed by atoms with Gasteiger partial charge in [-0.25, -0.2) is 4.98 Å². The molecule has 1 aromatic heterocycles. The lowest BCUT2D eigenvalue weighted by Crippen LogP contribution is -2.48. The minimum absolute atomic E-state index is 0.645. The second-order valence-electron chi connectivity index (χ2n) is 7.77. The Morgan fingerprint density at radius 3 is 2.32 bits per heavy atom. The maximum Gasteiger partial charge on any atom is 0.186 e. The van der Waals surface area contributed by atoms with Crippen molar-refractivity contribution in [1.29, 1.82) is 0 Å². The molecule has 0 radical (unpaired) electrons. The van der Waals surface area contributed by atoms with Gasteiger partial charge in [-0.15, -0.1) is 0 Å². The van der Waals surface area contributed by atoms with Crippen LogP contribution in [0.3, 0.4) is 0 Å². The third kappa shape index (κ3) is 3.49. The smallest absolute Gasteiger partial charge is 0.186 e. The average Bonchev–Trinajstić information content (AvgIpc) is 3.07. The molecule has 4 rings (SSSR count). The van der Waals surface area contributed by atoms with Crippen LogP contribution in [0.4, 0.5) is 10.8 Å². The summed E-state index contributed by atoms with van der Waals surface area (Å²) in [6, 6.07) is 5.36. The Bertz CT molecular complexity index is 725. The molecule has 0 spiro atoms. The van der Waals surface area contributed by atoms with Crippen LogP contribution in [0.25, 0.3) is 10.2 Å². The summed E-state index contributed by atoms with van der Waals surface area (Å²) >= 11 is 1.88. The van der Waals surface area contributed by atoms with E-state index in [0.29, 0.717) is 6.04 Å². The second-order valence-corrected chi connectivity index (χ2v) is 8.78. The lowest BCUT2D eigenvalue weighted by molar-refractivity contribution is 0.209. The van der Waals surface area contributed by atoms with Crippen LogP contribution < -0.4 is 9.80 Å². The van der Waals surface area contributed by atoms with Crippen LogP contribution in [-0.2, 0) is 0 Å². The highest BCUT2D eigenvalue weighted by atomic mass is 32.1. The fraction of sp³-hybridized carbons (Fsp3) is 0.650. The molecular weight excluding hydrogens is 328 g/mol. The van der Waals surface area contributed by atoms with Crippen molar-refractivity contribution in [3.05, 3.63) is 17.7 Å². The number of thiazole rings is 1. The molecule has 136 valence electrons. The van der Waals surface area contributed by atoms with Crippen molar-refractivity contribution in [2.24, 2.45) is 0 Å². The summed E-state index contributed by atoms with van der Waals surface area (Å²) in [5.74, 6) is 0. The fourth-order valence-corrected chi connectivity index (χ4v) is 5.19. The summed E-state index contributed by atoms with van der Waals surface area (Å²) in [6.07, 6.45) is 4.03. The van der Waals surface area contributed by atoms with Crippen molar-refractivity contribution < 1.29 is 0 Å². The van der Waals surface area contributed by atoms with E-state index in [0.717, 1.165) is 26.2 Å². The molecule has 4 nitrogen and oxygen atoms in total. The van der Waals surface area contributed by atoms with Crippen molar-refractivity contribution in [1.82, 2.24) is 9.88 Å². The third-order valence-electron chi connectivity index (χ3n) is 5.70. The molecule has 2 aliphatic heterocycles. The first-order valence-electron chi connectivity index (χ1n) is 9.77. The van der Waals surface area contributed by atoms with Crippen molar-refractivity contribution in [3.8, 4) is 0 Å². The Hall–Kier alpha value is -1.33. The lowest BCUT2D eigenvalue weighted by atomic mass is 10.1. The van der Waals surface area contributed by atoms with Crippen LogP contribution >= 0.6 is 11.3 Å². The molecule has 0 unspecified atom stereocenters. The third-order valence-corrected chi connectivity index (χ3v) is 6.76. The minimum atomic E-state index is 0.645. The molecule has 0 aliphatic carbocycles. The monoisotopic (exact) mass is 358 g/mol. The van der Waals surface area contributed by atoms with Gasteiger partial charge in [0, 0.05) is 51.0 Å². The Labute approximate surface area is 155 Å². The minimum Gasteiger partial charge on any atom is -0.371 e. The molecule has 2 aliphatic rings. The van der Waals surface area contributed by atoms with E-state index in [9.17, 15) is 0 Å². The molecule has 2 saturated heterocycles. The van der Waals surface area contributed by atoms with Gasteiger partial charge in [-0.3, -0.25) is 4.90 Å². The van der Waals surface area contributed by atoms with Gasteiger partial charge >= 0.3 is 0 Å². The Morgan fingerprint density at radius 2 is 1.64 bits per heavy atom. The van der Waals surface area contributed by atoms with Crippen molar-refractivity contribution in [3.63, 3.8) is 0 Å². The van der Waals surface area contributed by atoms with Gasteiger partial charge in [-0.2, -0.15) is 0 Å². The maximum atomic E-state index is 5.00. The fourth-order valence-electron chi connectivity index (χ4n) is 4.07. The quantitative estimate of drug-likeness (QED) is 0.823. The first kappa shape index (κ1) is 17.1. The summed E-state index contributed by atoms with van der Waals surface area (Å²) in [5.41, 5.74) is 3.91. The van der Waals surface area contributed by atoms with E-state index in [1.54, 1.807) is 0 Å². The van der Waals surface area contributed by atoms with Crippen LogP contribution in [0, 0.1) is 6.92 Å². The molecule has 25 heavy (non-hydrogen) atoms. The number of benzene rings is 1. The van der Waals surface area contributed by atoms with Gasteiger partial charge in [0.25, 0.3) is 0 Å². The highest BCUT2D eigenvalue weighted by Crippen LogP contribution is 2.35. The van der Waals surface area contributed by atoms with Crippen LogP contribution in [0.1, 0.15) is 38.7 Å². The molecule has 2 fully saturated rings. The topological polar surface area (TPSA) is 22.6 Å². The highest BCUT2D eigenvalue weighted by Gasteiger charge is 2.22. The van der Waals surface area contributed by atoms with E-state index in [1.165, 1.54) is 59.0 Å². The number of hydrogen-bond donors (Lipinski definition) is 0. The number of fused-ring (bicyclic) bond motifs is 1. The van der Waals surface area contributed by atoms with Crippen molar-refractivity contribution in [2.75, 3.05) is 49.1 Å². The van der Waals surface area contributed by atoms with Gasteiger partial charge in [-0.1, -0.05) is 11.3 Å². The van der Waals surface area contributed by atoms with Gasteiger partial charge in [0.1, 0.15) is 0 Å². The zero-order chi connectivity index (χ0) is 17.4. The Kier molecular flexibility index (Phi) is 4.87. The first-order valence-corrected chi connectivity index (χ1v) is 10.6. The van der Waals surface area contributed by atoms with Crippen molar-refractivity contribution >= 4 is 32.4 Å². The Balaban J connectivity index is 1.56. The molecule has 0 atom stereocenters. The number of anilines is 2. The summed E-state index contributed by atoms with van der Waals surface area (Å²) in [5, 5.41) is 1.21. The van der Waals surface area contributed by atoms with E-state index in [-0.39, 0.29) is 0 Å². The standard InChI is InChI=1S/C20H30N4S/c1-15(2)22-9-11-24(12-10-22)20-21-19-16(3)13-17(14-18(19)25-20)23-7-5-4-6-8-23/h13-15H,4-12H2,1-3H3. The number of aromatic nitrogens is 1. The Morgan fingerprint density at radius 1 is 0.920 bits per heavy atom. The van der Waals surface area contributed by atoms with Crippen LogP contribution in [0.5, 0.6) is 0 Å². The van der Waals surface area contributed by atoms with Gasteiger partial charge in [0.05, 0.1) is 10.2 Å². The number of hydrogen-bond acceptors (Lipinski definition) is 5. The highest BCUT2D eigenvalue weighted by molar-refractivity contribution is 7.22. The van der Waals surface area contributed by atoms with Gasteiger partial charge < -0.3 is 9.80 Å². The van der Waals surface area contributed by atoms with Gasteiger partial charge in [-0.05, 0) is 57.7 Å². The molecule has 5 heteroatoms. The number of rotatable bonds is 3. The molecule has 0 amide bonds. The van der Waals surface area contributed by atoms with Gasteiger partial charge in [0.2, 0.25) is 0 Å². The first-order chi connectivity index (χ1) is 12.1. The van der Waals surface area contributed by atoms with Crippen molar-refractivity contribution in [2.45, 2.75) is 46.1 Å². The van der Waals surface area contributed by atoms with E-state index >= 15 is 0 Å². The predicted octanol–water partition coefficient (Wildman–Crippen LogP) is 4.13. The lowest BCUT2D eigenvalue weighted by Gasteiger charge is -2.36. The van der Waals surface area contributed by atoms with Gasteiger partial charge in [0.15, 0.2) is 5.13 Å². The molecule has 0 bridgehead atoms. The maximum absolute atomic E-state index is 5.00. The zero-order valence-corrected chi connectivity index (χ0v) is 16.6. The predicted molar refractivity (Wildman–Crippen MR) is 109 cm³/mol. The van der Waals surface area contributed by atoms with E-state index in [2.05, 4.69) is 47.6 Å². The largest absolute Gasteiger partial charge is 0.371 e. The van der Waals surface area contributed by atoms with E-state index in [1.807, 2.05) is 11.3 Å². The van der Waals surface area contributed by atoms with Crippen LogP contribution in [0.15, 0.2) is 12.1 Å². The second kappa shape index (κ2) is 7.12. The molecular formula is C20H30N4S. The normalized spacial score (nSPS) is 20.0. The van der Waals surface area contributed by atoms with E-state index < -0.39 is 0 Å². The number of aryl methyl sites for hydroxylation is 1. The SMILES string of the molecule is Cc1cc(N2CCCCC2)cc2sc(N3CCN(C(C)C)CC3)nc12. The van der Waals surface area contributed by atoms with Crippen LogP contribution in [-0.4, -0.2) is 55.2 Å². The molecule has 3 heterocycles. The number of piperazine rings is 1. The molecule has 1 aromatic carbocycles. The summed E-state index contributed by atoms with van der Waals surface area (Å²) < 4.78 is 1.35. The summed E-state index contributed by atoms with van der Waals surface area (Å²) in [7, 11) is 0. The number of nitrogens with zero attached hydrogens (tertiary/aromatic N) is 4. The summed E-state index contributed by atoms with van der Waals surface area (Å²) in [6.45, 7) is 13.7. The molecule has 0 saturated carbocycles. The van der Waals surface area contributed by atoms with E-state index in [4.69, 9.17) is 4.98 Å². The zero-order valence-electron chi connectivity index (χ0n) is 15.8. The number of piperidine rings is 1. The molecule has 2 aromatic rings. The van der Waals surface area contributed by atoms with Crippen LogP contribution in [0.2, 0.25) is 0 Å². The average molecular weight is 359 g/mol. The summed E-state index contributed by atoms with van der Waals surface area (Å²) in [4.78, 5) is 12.6. The molecule has 0 N–H and O–H groups in total.